The van der Waals surface area contributed by atoms with Gasteiger partial charge >= 0.3 is 5.97 Å². The third kappa shape index (κ3) is 29.3. The van der Waals surface area contributed by atoms with Crippen molar-refractivity contribution in [1.29, 1.82) is 0 Å². The Labute approximate surface area is 550 Å². The second kappa shape index (κ2) is 44.9. The molecule has 2 heterocycles. The van der Waals surface area contributed by atoms with Gasteiger partial charge in [0.1, 0.15) is 60.1 Å². The van der Waals surface area contributed by atoms with Gasteiger partial charge in [0.2, 0.25) is 65.0 Å². The number of rotatable bonds is 47. The molecule has 0 saturated carbocycles. The molecule has 0 unspecified atom stereocenters. The molecule has 11 amide bonds. The van der Waals surface area contributed by atoms with Crippen molar-refractivity contribution >= 4 is 70.9 Å². The van der Waals surface area contributed by atoms with Crippen molar-refractivity contribution in [1.82, 2.24) is 57.7 Å². The third-order valence-electron chi connectivity index (χ3n) is 16.4. The van der Waals surface area contributed by atoms with Gasteiger partial charge in [-0.2, -0.15) is 0 Å². The van der Waals surface area contributed by atoms with E-state index in [2.05, 4.69) is 47.9 Å². The molecule has 94 heavy (non-hydrogen) atoms. The minimum absolute atomic E-state index is 0.0434. The molecule has 2 aliphatic heterocycles. The van der Waals surface area contributed by atoms with Crippen molar-refractivity contribution in [2.45, 2.75) is 215 Å². The van der Waals surface area contributed by atoms with Crippen molar-refractivity contribution in [2.75, 3.05) is 65.4 Å². The summed E-state index contributed by atoms with van der Waals surface area (Å²) in [4.78, 5) is 166. The van der Waals surface area contributed by atoms with E-state index in [0.29, 0.717) is 116 Å². The van der Waals surface area contributed by atoms with E-state index in [9.17, 15) is 72.9 Å². The summed E-state index contributed by atoms with van der Waals surface area (Å²) in [5, 5.41) is 53.3. The molecule has 1 aromatic carbocycles. The van der Waals surface area contributed by atoms with E-state index in [-0.39, 0.29) is 95.7 Å². The Balaban J connectivity index is 1.68. The van der Waals surface area contributed by atoms with Gasteiger partial charge < -0.3 is 107 Å². The maximum Gasteiger partial charge on any atom is 0.326 e. The van der Waals surface area contributed by atoms with Crippen LogP contribution in [0, 0.1) is 0 Å². The third-order valence-corrected chi connectivity index (χ3v) is 16.4. The molecule has 3 rings (SSSR count). The van der Waals surface area contributed by atoms with Gasteiger partial charge in [0.05, 0.1) is 19.2 Å². The highest BCUT2D eigenvalue weighted by atomic mass is 16.4. The average molecular weight is 1330 g/mol. The van der Waals surface area contributed by atoms with Crippen LogP contribution in [0.5, 0.6) is 5.75 Å². The van der Waals surface area contributed by atoms with Gasteiger partial charge in [-0.1, -0.05) is 12.1 Å². The number of hydrogen-bond donors (Lipinski definition) is 18. The Bertz CT molecular complexity index is 2590. The zero-order valence-corrected chi connectivity index (χ0v) is 54.5. The number of phenols is 1. The monoisotopic (exact) mass is 1330 g/mol. The fourth-order valence-corrected chi connectivity index (χ4v) is 11.0. The standard InChI is InChI=1S/C62H107N17O15/c1-39(71-51(82)36-70-60(91)50-35-42(81)38-79(50)61(92)49-21-14-34-78(49)53(84)27-24-40-22-25-41(80)26-23-40)54(85)69-37-52(83)72-43(15-2-8-28-63)55(86)73-44(16-3-9-29-64)56(87)74-45(17-4-10-30-65)57(88)75-46(18-5-11-31-66)58(89)76-47(19-6-12-32-67)59(90)77-48(62(93)94)20-7-13-33-68/h22-23,25-26,39,42-50,80-81H,2-21,24,27-38,63-68H2,1H3,(H,69,85)(H,70,91)(H,71,82)(H,72,83)(H,73,86)(H,74,87)(H,75,88)(H,76,89)(H,77,90)(H,93,94)/t39-,42+,43-,44-,45-,46-,47-,48-,49-,50-/m0/s1. The first-order valence-electron chi connectivity index (χ1n) is 33.2. The number of phenolic OH excluding ortho intramolecular Hbond substituents is 1. The lowest BCUT2D eigenvalue weighted by Gasteiger charge is -2.31. The first kappa shape index (κ1) is 80.6. The van der Waals surface area contributed by atoms with E-state index in [1.165, 1.54) is 28.9 Å². The van der Waals surface area contributed by atoms with E-state index in [0.717, 1.165) is 5.56 Å². The summed E-state index contributed by atoms with van der Waals surface area (Å²) in [6.45, 7) is 1.84. The predicted octanol–water partition coefficient (Wildman–Crippen LogP) is -4.22. The van der Waals surface area contributed by atoms with Crippen LogP contribution in [0.2, 0.25) is 0 Å². The van der Waals surface area contributed by atoms with Gasteiger partial charge in [0.25, 0.3) is 0 Å². The predicted molar refractivity (Wildman–Crippen MR) is 348 cm³/mol. The number of aliphatic hydroxyl groups excluding tert-OH is 1. The maximum absolute atomic E-state index is 14.4. The van der Waals surface area contributed by atoms with E-state index in [1.807, 2.05) is 0 Å². The molecule has 0 aliphatic carbocycles. The Morgan fingerprint density at radius 1 is 0.489 bits per heavy atom. The number of nitrogens with zero attached hydrogens (tertiary/aromatic N) is 2. The number of aliphatic carboxylic acids is 1. The minimum atomic E-state index is -1.28. The molecule has 2 saturated heterocycles. The normalized spacial score (nSPS) is 17.4. The number of carboxylic acids is 1. The smallest absolute Gasteiger partial charge is 0.326 e. The van der Waals surface area contributed by atoms with Crippen LogP contribution in [0.1, 0.15) is 154 Å². The summed E-state index contributed by atoms with van der Waals surface area (Å²) in [6.07, 6.45) is 5.75. The number of nitrogens with one attached hydrogen (secondary N) is 9. The molecule has 0 aromatic heterocycles. The number of amides is 11. The largest absolute Gasteiger partial charge is 0.508 e. The fraction of sp³-hybridized carbons (Fsp3) is 0.710. The summed E-state index contributed by atoms with van der Waals surface area (Å²) in [6, 6.07) is -4.36. The summed E-state index contributed by atoms with van der Waals surface area (Å²) < 4.78 is 0. The number of β-amino-alcohol motifs (C(OH)–C–C–N with tert-alkyl or cyclic N) is 1. The SMILES string of the molecule is C[C@H](NC(=O)CNC(=O)[C@@H]1C[C@@H](O)CN1C(=O)[C@@H]1CCCN1C(=O)CCc1ccc(O)cc1)C(=O)NCC(=O)N[C@@H](CCCCN)C(=O)N[C@@H](CCCCN)C(=O)N[C@@H](CCCCN)C(=O)N[C@@H](CCCCN)C(=O)N[C@@H](CCCCN)C(=O)N[C@@H](CCCCN)C(=O)O. The molecule has 32 heteroatoms. The van der Waals surface area contributed by atoms with Gasteiger partial charge in [-0.05, 0) is 199 Å². The first-order chi connectivity index (χ1) is 45.0. The summed E-state index contributed by atoms with van der Waals surface area (Å²) >= 11 is 0. The molecule has 10 atom stereocenters. The topological polar surface area (TPSA) is 536 Å². The number of aliphatic hydroxyl groups is 1. The van der Waals surface area contributed by atoms with Crippen LogP contribution < -0.4 is 82.3 Å². The van der Waals surface area contributed by atoms with E-state index < -0.39 is 139 Å². The van der Waals surface area contributed by atoms with Crippen LogP contribution in [-0.2, 0) is 64.0 Å². The number of unbranched alkanes of at least 4 members (excludes halogenated alkanes) is 6. The number of hydrogen-bond acceptors (Lipinski definition) is 20. The van der Waals surface area contributed by atoms with Crippen molar-refractivity contribution in [3.05, 3.63) is 29.8 Å². The van der Waals surface area contributed by atoms with Crippen molar-refractivity contribution in [3.8, 4) is 5.75 Å². The maximum atomic E-state index is 14.4. The van der Waals surface area contributed by atoms with Crippen LogP contribution in [0.4, 0.5) is 0 Å². The molecule has 2 aliphatic rings. The summed E-state index contributed by atoms with van der Waals surface area (Å²) in [7, 11) is 0. The number of benzene rings is 1. The molecule has 32 nitrogen and oxygen atoms in total. The first-order valence-corrected chi connectivity index (χ1v) is 33.2. The number of carboxylic acid groups (broad SMARTS) is 1. The van der Waals surface area contributed by atoms with E-state index in [4.69, 9.17) is 34.4 Å². The molecular weight excluding hydrogens is 1220 g/mol. The van der Waals surface area contributed by atoms with Gasteiger partial charge in [0, 0.05) is 25.9 Å². The van der Waals surface area contributed by atoms with E-state index >= 15 is 0 Å². The molecular formula is C62H107N17O15. The zero-order chi connectivity index (χ0) is 69.5. The number of likely N-dealkylation sites (tertiary alicyclic amines) is 2. The van der Waals surface area contributed by atoms with Crippen LogP contribution in [0.3, 0.4) is 0 Å². The summed E-state index contributed by atoms with van der Waals surface area (Å²) in [5.41, 5.74) is 35.3. The Morgan fingerprint density at radius 2 is 0.872 bits per heavy atom. The lowest BCUT2D eigenvalue weighted by atomic mass is 10.0. The number of carbonyl (C=O) groups is 12. The number of aryl methyl sites for hydroxylation is 1. The Kier molecular flexibility index (Phi) is 38.5. The van der Waals surface area contributed by atoms with Crippen LogP contribution in [-0.4, -0.2) is 222 Å². The van der Waals surface area contributed by atoms with Gasteiger partial charge in [-0.15, -0.1) is 0 Å². The van der Waals surface area contributed by atoms with E-state index in [1.54, 1.807) is 12.1 Å². The highest BCUT2D eigenvalue weighted by Crippen LogP contribution is 2.27. The van der Waals surface area contributed by atoms with Crippen LogP contribution >= 0.6 is 0 Å². The van der Waals surface area contributed by atoms with Gasteiger partial charge in [0.15, 0.2) is 0 Å². The van der Waals surface area contributed by atoms with Crippen LogP contribution in [0.25, 0.3) is 0 Å². The second-order valence-corrected chi connectivity index (χ2v) is 24.0. The number of carbonyl (C=O) groups excluding carboxylic acids is 11. The lowest BCUT2D eigenvalue weighted by Crippen LogP contribution is -2.59. The van der Waals surface area contributed by atoms with Gasteiger partial charge in [-0.25, -0.2) is 4.79 Å². The zero-order valence-electron chi connectivity index (χ0n) is 54.5. The Morgan fingerprint density at radius 3 is 1.29 bits per heavy atom. The molecule has 1 aromatic rings. The molecule has 24 N–H and O–H groups in total. The van der Waals surface area contributed by atoms with Crippen molar-refractivity contribution in [3.63, 3.8) is 0 Å². The molecule has 0 bridgehead atoms. The Hall–Kier alpha value is -7.62. The van der Waals surface area contributed by atoms with Crippen molar-refractivity contribution < 1.29 is 72.9 Å². The van der Waals surface area contributed by atoms with Crippen molar-refractivity contribution in [2.24, 2.45) is 34.4 Å². The number of nitrogens with two attached hydrogens (primary N) is 6. The summed E-state index contributed by atoms with van der Waals surface area (Å²) in [5.74, 6) is -8.93. The second-order valence-electron chi connectivity index (χ2n) is 24.0. The lowest BCUT2D eigenvalue weighted by molar-refractivity contribution is -0.146. The van der Waals surface area contributed by atoms with Crippen LogP contribution in [0.15, 0.2) is 24.3 Å². The highest BCUT2D eigenvalue weighted by Gasteiger charge is 2.45. The molecule has 2 fully saturated rings. The van der Waals surface area contributed by atoms with Gasteiger partial charge in [-0.3, -0.25) is 52.7 Å². The number of aromatic hydroxyl groups is 1. The quantitative estimate of drug-likeness (QED) is 0.0275. The molecule has 0 radical (unpaired) electrons. The molecule has 0 spiro atoms. The average Bonchev–Trinajstić information content (AvgIpc) is 1.65. The minimum Gasteiger partial charge on any atom is -0.508 e. The fourth-order valence-electron chi connectivity index (χ4n) is 11.0. The highest BCUT2D eigenvalue weighted by molar-refractivity contribution is 5.98. The molecule has 530 valence electrons.